The summed E-state index contributed by atoms with van der Waals surface area (Å²) in [5, 5.41) is 15.5. The van der Waals surface area contributed by atoms with Gasteiger partial charge < -0.3 is 14.9 Å². The molecule has 0 radical (unpaired) electrons. The number of aryl methyl sites for hydroxylation is 2. The second kappa shape index (κ2) is 6.07. The van der Waals surface area contributed by atoms with Crippen molar-refractivity contribution in [3.63, 3.8) is 0 Å². The number of hydrogen-bond donors (Lipinski definition) is 2. The zero-order valence-corrected chi connectivity index (χ0v) is 12.6. The zero-order valence-electron chi connectivity index (χ0n) is 12.6. The lowest BCUT2D eigenvalue weighted by Crippen LogP contribution is -2.39. The fourth-order valence-corrected chi connectivity index (χ4v) is 2.04. The van der Waals surface area contributed by atoms with Gasteiger partial charge in [0.2, 0.25) is 5.91 Å². The van der Waals surface area contributed by atoms with Crippen LogP contribution in [0.5, 0.6) is 0 Å². The quantitative estimate of drug-likeness (QED) is 0.832. The number of amides is 1. The van der Waals surface area contributed by atoms with Gasteiger partial charge in [0.15, 0.2) is 0 Å². The normalized spacial score (nSPS) is 13.1. The van der Waals surface area contributed by atoms with Crippen molar-refractivity contribution in [2.75, 3.05) is 6.54 Å². The molecule has 0 saturated carbocycles. The molecule has 2 N–H and O–H groups in total. The smallest absolute Gasteiger partial charge is 0.310 e. The Kier molecular flexibility index (Phi) is 4.92. The molecule has 1 aromatic rings. The van der Waals surface area contributed by atoms with Crippen molar-refractivity contribution in [1.29, 1.82) is 0 Å². The summed E-state index contributed by atoms with van der Waals surface area (Å²) in [6.45, 7) is 8.84. The van der Waals surface area contributed by atoms with Crippen LogP contribution in [0.4, 0.5) is 0 Å². The summed E-state index contributed by atoms with van der Waals surface area (Å²) in [7, 11) is 0. The maximum atomic E-state index is 11.9. The molecule has 0 aliphatic carbocycles. The Hall–Kier alpha value is -1.85. The summed E-state index contributed by atoms with van der Waals surface area (Å²) >= 11 is 0. The van der Waals surface area contributed by atoms with Gasteiger partial charge in [0.05, 0.1) is 11.1 Å². The molecule has 0 aromatic carbocycles. The highest BCUT2D eigenvalue weighted by Crippen LogP contribution is 2.25. The average Bonchev–Trinajstić information content (AvgIpc) is 2.66. The maximum absolute atomic E-state index is 11.9. The zero-order chi connectivity index (χ0) is 15.5. The molecule has 0 bridgehead atoms. The van der Waals surface area contributed by atoms with E-state index in [1.807, 2.05) is 20.8 Å². The lowest BCUT2D eigenvalue weighted by molar-refractivity contribution is -0.146. The van der Waals surface area contributed by atoms with Gasteiger partial charge in [-0.1, -0.05) is 12.1 Å². The van der Waals surface area contributed by atoms with E-state index < -0.39 is 11.4 Å². The van der Waals surface area contributed by atoms with Crippen LogP contribution < -0.4 is 5.32 Å². The molecule has 20 heavy (non-hydrogen) atoms. The highest BCUT2D eigenvalue weighted by molar-refractivity contribution is 5.79. The highest BCUT2D eigenvalue weighted by Gasteiger charge is 2.28. The largest absolute Gasteiger partial charge is 0.481 e. The van der Waals surface area contributed by atoms with Crippen molar-refractivity contribution in [3.8, 4) is 0 Å². The van der Waals surface area contributed by atoms with Gasteiger partial charge in [-0.2, -0.15) is 0 Å². The molecule has 0 saturated heterocycles. The lowest BCUT2D eigenvalue weighted by atomic mass is 9.93. The van der Waals surface area contributed by atoms with Gasteiger partial charge in [-0.05, 0) is 33.6 Å². The third-order valence-corrected chi connectivity index (χ3v) is 3.38. The molecule has 1 heterocycles. The Morgan fingerprint density at radius 1 is 1.40 bits per heavy atom. The van der Waals surface area contributed by atoms with E-state index in [-0.39, 0.29) is 24.8 Å². The van der Waals surface area contributed by atoms with Crippen molar-refractivity contribution in [2.45, 2.75) is 47.0 Å². The van der Waals surface area contributed by atoms with E-state index in [2.05, 4.69) is 10.5 Å². The molecule has 0 fully saturated rings. The van der Waals surface area contributed by atoms with Crippen LogP contribution in [0.3, 0.4) is 0 Å². The molecular weight excluding hydrogens is 260 g/mol. The topological polar surface area (TPSA) is 92.4 Å². The number of rotatable bonds is 6. The first kappa shape index (κ1) is 16.2. The minimum Gasteiger partial charge on any atom is -0.481 e. The molecule has 0 aliphatic heterocycles. The Bertz CT molecular complexity index is 486. The number of aromatic nitrogens is 1. The first-order valence-corrected chi connectivity index (χ1v) is 6.58. The van der Waals surface area contributed by atoms with Crippen molar-refractivity contribution < 1.29 is 19.2 Å². The molecule has 1 rings (SSSR count). The van der Waals surface area contributed by atoms with Crippen LogP contribution >= 0.6 is 0 Å². The Morgan fingerprint density at radius 2 is 2.00 bits per heavy atom. The summed E-state index contributed by atoms with van der Waals surface area (Å²) in [6, 6.07) is 0. The van der Waals surface area contributed by atoms with Gasteiger partial charge in [-0.25, -0.2) is 0 Å². The summed E-state index contributed by atoms with van der Waals surface area (Å²) in [4.78, 5) is 22.8. The van der Waals surface area contributed by atoms with Crippen LogP contribution in [0.1, 0.15) is 50.1 Å². The van der Waals surface area contributed by atoms with E-state index in [4.69, 9.17) is 9.63 Å². The van der Waals surface area contributed by atoms with Crippen LogP contribution in [-0.4, -0.2) is 28.7 Å². The average molecular weight is 282 g/mol. The third-order valence-electron chi connectivity index (χ3n) is 3.38. The number of carboxylic acids is 1. The molecule has 112 valence electrons. The van der Waals surface area contributed by atoms with E-state index in [0.717, 1.165) is 11.3 Å². The van der Waals surface area contributed by atoms with Crippen molar-refractivity contribution >= 4 is 11.9 Å². The van der Waals surface area contributed by atoms with Gasteiger partial charge in [0, 0.05) is 18.5 Å². The van der Waals surface area contributed by atoms with E-state index in [9.17, 15) is 9.59 Å². The van der Waals surface area contributed by atoms with Gasteiger partial charge in [-0.15, -0.1) is 0 Å². The van der Waals surface area contributed by atoms with E-state index in [0.29, 0.717) is 5.76 Å². The molecule has 0 spiro atoms. The molecular formula is C14H22N2O4. The van der Waals surface area contributed by atoms with E-state index in [1.165, 1.54) is 0 Å². The summed E-state index contributed by atoms with van der Waals surface area (Å²) in [5.41, 5.74) is 0.758. The van der Waals surface area contributed by atoms with E-state index in [1.54, 1.807) is 13.8 Å². The van der Waals surface area contributed by atoms with Gasteiger partial charge in [-0.3, -0.25) is 9.59 Å². The van der Waals surface area contributed by atoms with Crippen molar-refractivity contribution in [3.05, 3.63) is 17.0 Å². The summed E-state index contributed by atoms with van der Waals surface area (Å²) in [6.07, 6.45) is 0.276. The lowest BCUT2D eigenvalue weighted by Gasteiger charge is -2.20. The molecule has 0 aliphatic rings. The Labute approximate surface area is 118 Å². The number of carbonyl (C=O) groups is 2. The number of carbonyl (C=O) groups excluding carboxylic acids is 1. The predicted molar refractivity (Wildman–Crippen MR) is 73.4 cm³/mol. The Balaban J connectivity index is 2.57. The first-order chi connectivity index (χ1) is 9.15. The maximum Gasteiger partial charge on any atom is 0.310 e. The monoisotopic (exact) mass is 282 g/mol. The number of hydrogen-bond acceptors (Lipinski definition) is 4. The third kappa shape index (κ3) is 3.82. The van der Waals surface area contributed by atoms with Crippen molar-refractivity contribution in [2.24, 2.45) is 5.41 Å². The molecule has 1 unspecified atom stereocenters. The van der Waals surface area contributed by atoms with E-state index >= 15 is 0 Å². The second-order valence-corrected chi connectivity index (χ2v) is 5.81. The molecule has 1 atom stereocenters. The number of carboxylic acid groups (broad SMARTS) is 1. The molecule has 6 heteroatoms. The highest BCUT2D eigenvalue weighted by atomic mass is 16.5. The van der Waals surface area contributed by atoms with Crippen LogP contribution in [0.15, 0.2) is 4.52 Å². The minimum atomic E-state index is -0.970. The van der Waals surface area contributed by atoms with Crippen LogP contribution in [0.25, 0.3) is 0 Å². The van der Waals surface area contributed by atoms with Crippen molar-refractivity contribution in [1.82, 2.24) is 10.5 Å². The molecule has 1 aromatic heterocycles. The number of aliphatic carboxylic acids is 1. The van der Waals surface area contributed by atoms with Gasteiger partial charge >= 0.3 is 5.97 Å². The number of nitrogens with one attached hydrogen (secondary N) is 1. The summed E-state index contributed by atoms with van der Waals surface area (Å²) < 4.78 is 5.08. The minimum absolute atomic E-state index is 0.0193. The molecule has 6 nitrogen and oxygen atoms in total. The van der Waals surface area contributed by atoms with Gasteiger partial charge in [0.1, 0.15) is 5.76 Å². The SMILES string of the molecule is Cc1noc(C)c1C(C)CC(=O)NCC(C)(C)C(=O)O. The van der Waals surface area contributed by atoms with Crippen LogP contribution in [0, 0.1) is 19.3 Å². The first-order valence-electron chi connectivity index (χ1n) is 6.58. The van der Waals surface area contributed by atoms with Crippen LogP contribution in [0.2, 0.25) is 0 Å². The van der Waals surface area contributed by atoms with Gasteiger partial charge in [0.25, 0.3) is 0 Å². The number of nitrogens with zero attached hydrogens (tertiary/aromatic N) is 1. The standard InChI is InChI=1S/C14H22N2O4/c1-8(12-9(2)16-20-10(12)3)6-11(17)15-7-14(4,5)13(18)19/h8H,6-7H2,1-5H3,(H,15,17)(H,18,19). The fourth-order valence-electron chi connectivity index (χ4n) is 2.04. The fraction of sp³-hybridized carbons (Fsp3) is 0.643. The predicted octanol–water partition coefficient (Wildman–Crippen LogP) is 2.01. The van der Waals surface area contributed by atoms with Crippen LogP contribution in [-0.2, 0) is 9.59 Å². The summed E-state index contributed by atoms with van der Waals surface area (Å²) in [5.74, 6) is -0.411. The molecule has 1 amide bonds. The second-order valence-electron chi connectivity index (χ2n) is 5.81. The Morgan fingerprint density at radius 3 is 2.45 bits per heavy atom.